The molecule has 1 aromatic heterocycles. The zero-order valence-electron chi connectivity index (χ0n) is 23.5. The number of methoxy groups -OCH3 is 1. The minimum Gasteiger partial charge on any atom is -0.497 e. The SMILES string of the molecule is COc1ccc(-c2ccc(-c3ccc(Oc4ccc(P(=O)(c5ccccc5)c5ccc(C)cc5)cc4)cc3)nc2)cc1. The van der Waals surface area contributed by atoms with E-state index in [1.54, 1.807) is 7.11 Å². The van der Waals surface area contributed by atoms with Crippen LogP contribution in [0.4, 0.5) is 0 Å². The molecule has 0 N–H and O–H groups in total. The number of pyridine rings is 1. The smallest absolute Gasteiger partial charge is 0.171 e. The van der Waals surface area contributed by atoms with Gasteiger partial charge in [-0.05, 0) is 79.2 Å². The molecule has 206 valence electrons. The first-order valence-electron chi connectivity index (χ1n) is 13.8. The largest absolute Gasteiger partial charge is 0.497 e. The highest BCUT2D eigenvalue weighted by Crippen LogP contribution is 2.42. The van der Waals surface area contributed by atoms with E-state index in [4.69, 9.17) is 9.47 Å². The molecular weight excluding hydrogens is 537 g/mol. The third kappa shape index (κ3) is 5.63. The van der Waals surface area contributed by atoms with Gasteiger partial charge in [-0.2, -0.15) is 0 Å². The molecule has 0 saturated heterocycles. The lowest BCUT2D eigenvalue weighted by atomic mass is 10.1. The molecule has 0 amide bonds. The Balaban J connectivity index is 1.19. The molecule has 42 heavy (non-hydrogen) atoms. The van der Waals surface area contributed by atoms with Crippen LogP contribution >= 0.6 is 7.14 Å². The van der Waals surface area contributed by atoms with Gasteiger partial charge in [0.15, 0.2) is 7.14 Å². The molecule has 0 spiro atoms. The van der Waals surface area contributed by atoms with E-state index in [0.29, 0.717) is 11.5 Å². The van der Waals surface area contributed by atoms with Gasteiger partial charge in [-0.3, -0.25) is 4.98 Å². The zero-order chi connectivity index (χ0) is 28.9. The first-order valence-corrected chi connectivity index (χ1v) is 15.5. The first-order chi connectivity index (χ1) is 20.5. The normalized spacial score (nSPS) is 12.3. The second-order valence-corrected chi connectivity index (χ2v) is 12.8. The van der Waals surface area contributed by atoms with Crippen LogP contribution in [0.15, 0.2) is 146 Å². The van der Waals surface area contributed by atoms with Gasteiger partial charge in [0.2, 0.25) is 0 Å². The minimum atomic E-state index is -3.03. The maximum Gasteiger partial charge on any atom is 0.171 e. The van der Waals surface area contributed by atoms with Gasteiger partial charge in [0.25, 0.3) is 0 Å². The van der Waals surface area contributed by atoms with Crippen molar-refractivity contribution in [3.63, 3.8) is 0 Å². The van der Waals surface area contributed by atoms with E-state index in [9.17, 15) is 4.57 Å². The number of aromatic nitrogens is 1. The summed E-state index contributed by atoms with van der Waals surface area (Å²) in [6.45, 7) is 2.03. The molecule has 0 aliphatic carbocycles. The summed E-state index contributed by atoms with van der Waals surface area (Å²) in [5.41, 5.74) is 5.15. The van der Waals surface area contributed by atoms with Gasteiger partial charge in [0.1, 0.15) is 17.2 Å². The van der Waals surface area contributed by atoms with Crippen LogP contribution < -0.4 is 25.4 Å². The van der Waals surface area contributed by atoms with Crippen molar-refractivity contribution < 1.29 is 14.0 Å². The second-order valence-electron chi connectivity index (χ2n) is 10.1. The van der Waals surface area contributed by atoms with Gasteiger partial charge in [-0.25, -0.2) is 0 Å². The Bertz CT molecular complexity index is 1820. The predicted molar refractivity (Wildman–Crippen MR) is 172 cm³/mol. The average Bonchev–Trinajstić information content (AvgIpc) is 3.06. The maximum atomic E-state index is 14.6. The summed E-state index contributed by atoms with van der Waals surface area (Å²) in [6.07, 6.45) is 1.88. The Labute approximate surface area is 246 Å². The maximum absolute atomic E-state index is 14.6. The van der Waals surface area contributed by atoms with Crippen LogP contribution in [0.5, 0.6) is 17.2 Å². The molecule has 0 aliphatic rings. The van der Waals surface area contributed by atoms with Crippen LogP contribution in [0.25, 0.3) is 22.4 Å². The molecule has 0 saturated carbocycles. The van der Waals surface area contributed by atoms with Crippen molar-refractivity contribution >= 4 is 23.1 Å². The van der Waals surface area contributed by atoms with Crippen LogP contribution in [0, 0.1) is 6.92 Å². The summed E-state index contributed by atoms with van der Waals surface area (Å²) in [5.74, 6) is 2.22. The predicted octanol–water partition coefficient (Wildman–Crippen LogP) is 8.16. The highest BCUT2D eigenvalue weighted by Gasteiger charge is 2.29. The number of aryl methyl sites for hydroxylation is 1. The molecule has 1 atom stereocenters. The van der Waals surface area contributed by atoms with Gasteiger partial charge >= 0.3 is 0 Å². The second kappa shape index (κ2) is 11.9. The zero-order valence-corrected chi connectivity index (χ0v) is 24.4. The third-order valence-electron chi connectivity index (χ3n) is 7.29. The lowest BCUT2D eigenvalue weighted by Gasteiger charge is -2.20. The number of hydrogen-bond donors (Lipinski definition) is 0. The van der Waals surface area contributed by atoms with Crippen LogP contribution in [-0.2, 0) is 4.57 Å². The molecule has 0 bridgehead atoms. The molecule has 0 fully saturated rings. The van der Waals surface area contributed by atoms with Crippen molar-refractivity contribution in [2.45, 2.75) is 6.92 Å². The van der Waals surface area contributed by atoms with Crippen LogP contribution in [0.2, 0.25) is 0 Å². The molecule has 6 aromatic rings. The number of hydrogen-bond acceptors (Lipinski definition) is 4. The fourth-order valence-electron chi connectivity index (χ4n) is 4.91. The highest BCUT2D eigenvalue weighted by atomic mass is 31.2. The lowest BCUT2D eigenvalue weighted by Crippen LogP contribution is -2.24. The van der Waals surface area contributed by atoms with E-state index in [-0.39, 0.29) is 0 Å². The molecule has 6 rings (SSSR count). The van der Waals surface area contributed by atoms with Crippen molar-refractivity contribution in [1.29, 1.82) is 0 Å². The van der Waals surface area contributed by atoms with Crippen molar-refractivity contribution in [2.24, 2.45) is 0 Å². The lowest BCUT2D eigenvalue weighted by molar-refractivity contribution is 0.415. The summed E-state index contributed by atoms with van der Waals surface area (Å²) in [4.78, 5) is 4.67. The summed E-state index contributed by atoms with van der Waals surface area (Å²) in [7, 11) is -1.37. The summed E-state index contributed by atoms with van der Waals surface area (Å²) >= 11 is 0. The van der Waals surface area contributed by atoms with Gasteiger partial charge in [-0.15, -0.1) is 0 Å². The van der Waals surface area contributed by atoms with Crippen molar-refractivity contribution in [2.75, 3.05) is 7.11 Å². The number of rotatable bonds is 8. The quantitative estimate of drug-likeness (QED) is 0.174. The topological polar surface area (TPSA) is 48.4 Å². The standard InChI is InChI=1S/C37H30NO3P/c1-27-8-21-35(22-9-27)42(39,34-6-4-3-5-7-34)36-23-19-33(20-24-36)41-32-17-12-29(13-18-32)37-25-14-30(26-38-37)28-10-15-31(40-2)16-11-28/h3-26H,1-2H3. The van der Waals surface area contributed by atoms with Crippen LogP contribution in [-0.4, -0.2) is 12.1 Å². The Morgan fingerprint density at radius 2 is 1.02 bits per heavy atom. The fourth-order valence-corrected chi connectivity index (χ4v) is 7.54. The monoisotopic (exact) mass is 567 g/mol. The van der Waals surface area contributed by atoms with Gasteiger partial charge in [0, 0.05) is 33.2 Å². The number of benzene rings is 5. The van der Waals surface area contributed by atoms with Crippen molar-refractivity contribution in [3.8, 4) is 39.6 Å². The van der Waals surface area contributed by atoms with Gasteiger partial charge < -0.3 is 14.0 Å². The average molecular weight is 568 g/mol. The van der Waals surface area contributed by atoms with E-state index < -0.39 is 7.14 Å². The Kier molecular flexibility index (Phi) is 7.72. The van der Waals surface area contributed by atoms with E-state index in [0.717, 1.165) is 49.6 Å². The molecule has 5 aromatic carbocycles. The van der Waals surface area contributed by atoms with Gasteiger partial charge in [-0.1, -0.05) is 78.4 Å². The van der Waals surface area contributed by atoms with Crippen molar-refractivity contribution in [1.82, 2.24) is 4.98 Å². The summed E-state index contributed by atoms with van der Waals surface area (Å²) in [5, 5.41) is 2.39. The summed E-state index contributed by atoms with van der Waals surface area (Å²) in [6, 6.07) is 45.1. The third-order valence-corrected chi connectivity index (χ3v) is 10.4. The molecule has 5 heteroatoms. The Hall–Kier alpha value is -4.92. The van der Waals surface area contributed by atoms with Crippen LogP contribution in [0.3, 0.4) is 0 Å². The molecular formula is C37H30NO3P. The number of ether oxygens (including phenoxy) is 2. The Morgan fingerprint density at radius 1 is 0.524 bits per heavy atom. The molecule has 1 heterocycles. The van der Waals surface area contributed by atoms with Crippen molar-refractivity contribution in [3.05, 3.63) is 151 Å². The fraction of sp³-hybridized carbons (Fsp3) is 0.0541. The van der Waals surface area contributed by atoms with E-state index in [2.05, 4.69) is 11.1 Å². The van der Waals surface area contributed by atoms with Crippen LogP contribution in [0.1, 0.15) is 5.56 Å². The van der Waals surface area contributed by atoms with Gasteiger partial charge in [0.05, 0.1) is 12.8 Å². The van der Waals surface area contributed by atoms with E-state index in [1.165, 1.54) is 0 Å². The van der Waals surface area contributed by atoms with E-state index >= 15 is 0 Å². The molecule has 1 unspecified atom stereocenters. The molecule has 0 aliphatic heterocycles. The Morgan fingerprint density at radius 3 is 1.60 bits per heavy atom. The van der Waals surface area contributed by atoms with E-state index in [1.807, 2.05) is 147 Å². The molecule has 4 nitrogen and oxygen atoms in total. The number of nitrogens with zero attached hydrogens (tertiary/aromatic N) is 1. The highest BCUT2D eigenvalue weighted by molar-refractivity contribution is 7.85. The summed E-state index contributed by atoms with van der Waals surface area (Å²) < 4.78 is 26.0. The molecule has 0 radical (unpaired) electrons. The minimum absolute atomic E-state index is 0.678. The first kappa shape index (κ1) is 27.3.